The number of hydrogen-bond acceptors (Lipinski definition) is 5. The molecule has 1 aromatic carbocycles. The molecule has 0 atom stereocenters. The Balaban J connectivity index is 1.73. The molecule has 2 amide bonds. The van der Waals surface area contributed by atoms with Crippen LogP contribution in [0, 0.1) is 0 Å². The zero-order chi connectivity index (χ0) is 21.7. The fourth-order valence-electron chi connectivity index (χ4n) is 2.49. The summed E-state index contributed by atoms with van der Waals surface area (Å²) in [7, 11) is 0. The molecule has 0 fully saturated rings. The van der Waals surface area contributed by atoms with Crippen molar-refractivity contribution in [3.63, 3.8) is 0 Å². The van der Waals surface area contributed by atoms with Crippen LogP contribution in [0.3, 0.4) is 0 Å². The third-order valence-corrected chi connectivity index (χ3v) is 5.69. The first kappa shape index (κ1) is 21.7. The lowest BCUT2D eigenvalue weighted by molar-refractivity contribution is -0.119. The van der Waals surface area contributed by atoms with Gasteiger partial charge in [0.25, 0.3) is 5.91 Å². The molecule has 5 nitrogen and oxygen atoms in total. The lowest BCUT2D eigenvalue weighted by Crippen LogP contribution is -2.17. The van der Waals surface area contributed by atoms with Crippen LogP contribution in [0.4, 0.5) is 18.3 Å². The molecular weight excluding hydrogens is 435 g/mol. The Morgan fingerprint density at radius 2 is 1.87 bits per heavy atom. The molecule has 10 heteroatoms. The van der Waals surface area contributed by atoms with Gasteiger partial charge >= 0.3 is 6.18 Å². The maximum atomic E-state index is 13.4. The minimum absolute atomic E-state index is 0.0923. The Kier molecular flexibility index (Phi) is 6.68. The molecule has 156 valence electrons. The van der Waals surface area contributed by atoms with Gasteiger partial charge in [-0.3, -0.25) is 14.9 Å². The number of carbonyl (C=O) groups is 2. The number of nitrogens with one attached hydrogen (secondary N) is 2. The highest BCUT2D eigenvalue weighted by molar-refractivity contribution is 7.17. The summed E-state index contributed by atoms with van der Waals surface area (Å²) in [4.78, 5) is 29.2. The van der Waals surface area contributed by atoms with Crippen molar-refractivity contribution in [2.75, 3.05) is 5.32 Å². The number of hydrogen-bond donors (Lipinski definition) is 2. The largest absolute Gasteiger partial charge is 0.417 e. The van der Waals surface area contributed by atoms with Crippen LogP contribution >= 0.6 is 22.7 Å². The first-order chi connectivity index (χ1) is 14.2. The number of allylic oxidation sites excluding steroid dienone is 1. The summed E-state index contributed by atoms with van der Waals surface area (Å²) < 4.78 is 40.1. The zero-order valence-corrected chi connectivity index (χ0v) is 17.3. The van der Waals surface area contributed by atoms with Crippen LogP contribution < -0.4 is 10.6 Å². The zero-order valence-electron chi connectivity index (χ0n) is 15.6. The molecule has 0 aliphatic carbocycles. The maximum Gasteiger partial charge on any atom is 0.417 e. The van der Waals surface area contributed by atoms with Gasteiger partial charge in [-0.2, -0.15) is 13.2 Å². The number of anilines is 1. The molecule has 30 heavy (non-hydrogen) atoms. The molecule has 0 unspecified atom stereocenters. The third-order valence-electron chi connectivity index (χ3n) is 3.83. The van der Waals surface area contributed by atoms with Crippen LogP contribution in [0.2, 0.25) is 0 Å². The van der Waals surface area contributed by atoms with E-state index in [9.17, 15) is 22.8 Å². The van der Waals surface area contributed by atoms with Crippen molar-refractivity contribution in [1.82, 2.24) is 10.3 Å². The highest BCUT2D eigenvalue weighted by Gasteiger charge is 2.35. The Labute approximate surface area is 178 Å². The molecule has 0 spiro atoms. The monoisotopic (exact) mass is 451 g/mol. The quantitative estimate of drug-likeness (QED) is 0.513. The maximum absolute atomic E-state index is 13.4. The third kappa shape index (κ3) is 5.77. The Hall–Kier alpha value is -2.98. The summed E-state index contributed by atoms with van der Waals surface area (Å²) in [5.74, 6) is -1.05. The van der Waals surface area contributed by atoms with E-state index >= 15 is 0 Å². The molecular formula is C20H16F3N3O2S2. The van der Waals surface area contributed by atoms with E-state index in [2.05, 4.69) is 15.6 Å². The number of alkyl halides is 3. The molecule has 2 heterocycles. The van der Waals surface area contributed by atoms with Gasteiger partial charge < -0.3 is 5.32 Å². The van der Waals surface area contributed by atoms with Crippen LogP contribution in [0.25, 0.3) is 16.1 Å². The van der Waals surface area contributed by atoms with Gasteiger partial charge in [-0.15, -0.1) is 22.7 Å². The predicted octanol–water partition coefficient (Wildman–Crippen LogP) is 5.09. The highest BCUT2D eigenvalue weighted by atomic mass is 32.1. The number of thiazole rings is 1. The second-order valence-corrected chi connectivity index (χ2v) is 8.15. The predicted molar refractivity (Wildman–Crippen MR) is 112 cm³/mol. The topological polar surface area (TPSA) is 71.1 Å². The first-order valence-electron chi connectivity index (χ1n) is 8.66. The normalized spacial score (nSPS) is 11.9. The van der Waals surface area contributed by atoms with Gasteiger partial charge in [0.2, 0.25) is 5.91 Å². The van der Waals surface area contributed by atoms with Crippen molar-refractivity contribution in [3.05, 3.63) is 64.4 Å². The molecule has 0 aliphatic heterocycles. The molecule has 0 saturated heterocycles. The summed E-state index contributed by atoms with van der Waals surface area (Å²) >= 11 is 2.54. The van der Waals surface area contributed by atoms with Crippen molar-refractivity contribution >= 4 is 45.2 Å². The fraction of sp³-hybridized carbons (Fsp3) is 0.150. The number of carbonyl (C=O) groups excluding carboxylic acids is 2. The van der Waals surface area contributed by atoms with Crippen LogP contribution in [0.5, 0.6) is 0 Å². The lowest BCUT2D eigenvalue weighted by atomic mass is 10.1. The molecule has 0 aliphatic rings. The van der Waals surface area contributed by atoms with Gasteiger partial charge in [-0.05, 0) is 17.7 Å². The number of amides is 2. The van der Waals surface area contributed by atoms with E-state index in [1.165, 1.54) is 42.5 Å². The summed E-state index contributed by atoms with van der Waals surface area (Å²) in [5.41, 5.74) is -0.527. The van der Waals surface area contributed by atoms with Crippen molar-refractivity contribution in [1.29, 1.82) is 0 Å². The second-order valence-electron chi connectivity index (χ2n) is 6.12. The van der Waals surface area contributed by atoms with Crippen LogP contribution in [0.15, 0.2) is 53.9 Å². The molecule has 3 rings (SSSR count). The SMILES string of the molecule is CC(=O)NCc1ccc(-c2csc(NC(=O)/C=C(/c3ccccc3)C(F)(F)F)n2)s1. The van der Waals surface area contributed by atoms with E-state index < -0.39 is 17.7 Å². The van der Waals surface area contributed by atoms with Gasteiger partial charge in [-0.1, -0.05) is 30.3 Å². The van der Waals surface area contributed by atoms with Gasteiger partial charge in [0.1, 0.15) is 0 Å². The summed E-state index contributed by atoms with van der Waals surface area (Å²) in [6, 6.07) is 10.8. The average Bonchev–Trinajstić information content (AvgIpc) is 3.33. The van der Waals surface area contributed by atoms with Gasteiger partial charge in [0.05, 0.1) is 22.7 Å². The summed E-state index contributed by atoms with van der Waals surface area (Å²) in [6.45, 7) is 1.83. The van der Waals surface area contributed by atoms with E-state index in [-0.39, 0.29) is 16.6 Å². The second kappa shape index (κ2) is 9.23. The minimum Gasteiger partial charge on any atom is -0.351 e. The van der Waals surface area contributed by atoms with E-state index in [1.54, 1.807) is 11.4 Å². The number of aromatic nitrogens is 1. The number of halogens is 3. The molecule has 0 radical (unpaired) electrons. The van der Waals surface area contributed by atoms with E-state index in [0.29, 0.717) is 18.3 Å². The molecule has 2 N–H and O–H groups in total. The smallest absolute Gasteiger partial charge is 0.351 e. The van der Waals surface area contributed by atoms with Crippen LogP contribution in [-0.2, 0) is 16.1 Å². The Bertz CT molecular complexity index is 1070. The van der Waals surface area contributed by atoms with Gasteiger partial charge in [-0.25, -0.2) is 4.98 Å². The summed E-state index contributed by atoms with van der Waals surface area (Å²) in [5, 5.41) is 6.99. The number of nitrogens with zero attached hydrogens (tertiary/aromatic N) is 1. The summed E-state index contributed by atoms with van der Waals surface area (Å²) in [6.07, 6.45) is -4.14. The Morgan fingerprint density at radius 3 is 2.53 bits per heavy atom. The van der Waals surface area contributed by atoms with E-state index in [0.717, 1.165) is 21.1 Å². The number of rotatable bonds is 6. The minimum atomic E-state index is -4.67. The van der Waals surface area contributed by atoms with Crippen LogP contribution in [-0.4, -0.2) is 23.0 Å². The van der Waals surface area contributed by atoms with Crippen molar-refractivity contribution in [2.45, 2.75) is 19.6 Å². The van der Waals surface area contributed by atoms with E-state index in [4.69, 9.17) is 0 Å². The van der Waals surface area contributed by atoms with Gasteiger partial charge in [0.15, 0.2) is 5.13 Å². The fourth-order valence-corrected chi connectivity index (χ4v) is 4.18. The van der Waals surface area contributed by atoms with Crippen molar-refractivity contribution in [2.24, 2.45) is 0 Å². The van der Waals surface area contributed by atoms with Crippen molar-refractivity contribution < 1.29 is 22.8 Å². The molecule has 2 aromatic heterocycles. The standard InChI is InChI=1S/C20H16F3N3O2S2/c1-12(27)24-10-14-7-8-17(30-14)16-11-29-19(25-16)26-18(28)9-15(20(21,22)23)13-5-3-2-4-6-13/h2-9,11H,10H2,1H3,(H,24,27)(H,25,26,28)/b15-9-. The average molecular weight is 451 g/mol. The van der Waals surface area contributed by atoms with E-state index in [1.807, 2.05) is 12.1 Å². The molecule has 3 aromatic rings. The lowest BCUT2D eigenvalue weighted by Gasteiger charge is -2.11. The number of benzene rings is 1. The van der Waals surface area contributed by atoms with Crippen LogP contribution in [0.1, 0.15) is 17.4 Å². The Morgan fingerprint density at radius 1 is 1.13 bits per heavy atom. The molecule has 0 bridgehead atoms. The molecule has 0 saturated carbocycles. The highest BCUT2D eigenvalue weighted by Crippen LogP contribution is 2.34. The first-order valence-corrected chi connectivity index (χ1v) is 10.4. The van der Waals surface area contributed by atoms with Crippen molar-refractivity contribution in [3.8, 4) is 10.6 Å². The van der Waals surface area contributed by atoms with Gasteiger partial charge in [0, 0.05) is 23.3 Å². The number of thiophene rings is 1.